The van der Waals surface area contributed by atoms with E-state index in [-0.39, 0.29) is 17.9 Å². The van der Waals surface area contributed by atoms with Gasteiger partial charge < -0.3 is 19.1 Å². The molecule has 0 saturated heterocycles. The number of halogens is 1. The van der Waals surface area contributed by atoms with Crippen LogP contribution in [0.4, 0.5) is 5.69 Å². The van der Waals surface area contributed by atoms with Crippen molar-refractivity contribution in [1.29, 1.82) is 0 Å². The largest absolute Gasteiger partial charge is 0.506 e. The molecule has 6 nitrogen and oxygen atoms in total. The summed E-state index contributed by atoms with van der Waals surface area (Å²) in [4.78, 5) is 17.9. The Hall–Kier alpha value is -3.94. The van der Waals surface area contributed by atoms with Crippen molar-refractivity contribution in [1.82, 2.24) is 4.57 Å². The minimum atomic E-state index is -0.612. The number of hydrogen-bond acceptors (Lipinski definition) is 6. The SMILES string of the molecule is CCOC(=O)C1=C(O)/C(=C/c2cn(CCCOc3ccccc3)c3ccccc23)SC1=Nc1ccc(Cl)cc1. The summed E-state index contributed by atoms with van der Waals surface area (Å²) in [6.45, 7) is 3.28. The van der Waals surface area contributed by atoms with E-state index in [2.05, 4.69) is 21.8 Å². The van der Waals surface area contributed by atoms with Gasteiger partial charge in [-0.2, -0.15) is 0 Å². The van der Waals surface area contributed by atoms with Crippen LogP contribution in [0.2, 0.25) is 5.02 Å². The highest BCUT2D eigenvalue weighted by molar-refractivity contribution is 8.18. The van der Waals surface area contributed by atoms with E-state index >= 15 is 0 Å². The molecule has 3 aromatic carbocycles. The number of carbonyl (C=O) groups excluding carboxylic acids is 1. The Morgan fingerprint density at radius 2 is 1.79 bits per heavy atom. The van der Waals surface area contributed by atoms with E-state index in [9.17, 15) is 9.90 Å². The predicted molar refractivity (Wildman–Crippen MR) is 159 cm³/mol. The third kappa shape index (κ3) is 6.21. The zero-order valence-corrected chi connectivity index (χ0v) is 22.9. The van der Waals surface area contributed by atoms with Gasteiger partial charge in [-0.3, -0.25) is 0 Å². The van der Waals surface area contributed by atoms with Crippen molar-refractivity contribution in [3.63, 3.8) is 0 Å². The maximum absolute atomic E-state index is 12.8. The van der Waals surface area contributed by atoms with E-state index < -0.39 is 5.97 Å². The van der Waals surface area contributed by atoms with Gasteiger partial charge in [-0.15, -0.1) is 0 Å². The summed E-state index contributed by atoms with van der Waals surface area (Å²) in [5, 5.41) is 13.1. The number of hydrogen-bond donors (Lipinski definition) is 1. The molecule has 39 heavy (non-hydrogen) atoms. The van der Waals surface area contributed by atoms with Crippen LogP contribution in [0.5, 0.6) is 5.75 Å². The molecule has 198 valence electrons. The van der Waals surface area contributed by atoms with Gasteiger partial charge in [-0.05, 0) is 61.9 Å². The summed E-state index contributed by atoms with van der Waals surface area (Å²) in [7, 11) is 0. The Kier molecular flexibility index (Phi) is 8.39. The Balaban J connectivity index is 1.43. The normalized spacial score (nSPS) is 15.4. The number of thioether (sulfide) groups is 1. The molecule has 8 heteroatoms. The molecule has 0 atom stereocenters. The highest BCUT2D eigenvalue weighted by Gasteiger charge is 2.33. The van der Waals surface area contributed by atoms with Gasteiger partial charge >= 0.3 is 5.97 Å². The van der Waals surface area contributed by atoms with Gasteiger partial charge in [-0.1, -0.05) is 59.8 Å². The number of aliphatic hydroxyl groups excluding tert-OH is 1. The summed E-state index contributed by atoms with van der Waals surface area (Å²) in [5.74, 6) is 0.105. The first-order valence-corrected chi connectivity index (χ1v) is 13.8. The summed E-state index contributed by atoms with van der Waals surface area (Å²) >= 11 is 7.24. The second-order valence-corrected chi connectivity index (χ2v) is 10.2. The zero-order chi connectivity index (χ0) is 27.2. The number of fused-ring (bicyclic) bond motifs is 1. The number of aliphatic imine (C=N–C) groups is 1. The van der Waals surface area contributed by atoms with Crippen LogP contribution in [0, 0.1) is 0 Å². The second-order valence-electron chi connectivity index (χ2n) is 8.76. The van der Waals surface area contributed by atoms with Crippen LogP contribution >= 0.6 is 23.4 Å². The predicted octanol–water partition coefficient (Wildman–Crippen LogP) is 7.96. The molecule has 1 aliphatic heterocycles. The van der Waals surface area contributed by atoms with Gasteiger partial charge in [0, 0.05) is 34.2 Å². The summed E-state index contributed by atoms with van der Waals surface area (Å²) in [6, 6.07) is 24.9. The molecule has 1 N–H and O–H groups in total. The Labute approximate surface area is 236 Å². The lowest BCUT2D eigenvalue weighted by Gasteiger charge is -2.07. The summed E-state index contributed by atoms with van der Waals surface area (Å²) in [6.07, 6.45) is 4.78. The van der Waals surface area contributed by atoms with Crippen LogP contribution in [0.25, 0.3) is 17.0 Å². The number of aryl methyl sites for hydroxylation is 1. The van der Waals surface area contributed by atoms with E-state index in [0.717, 1.165) is 35.2 Å². The highest BCUT2D eigenvalue weighted by atomic mass is 35.5. The number of ether oxygens (including phenoxy) is 2. The lowest BCUT2D eigenvalue weighted by atomic mass is 10.1. The molecule has 4 aromatic rings. The van der Waals surface area contributed by atoms with Crippen molar-refractivity contribution >= 4 is 57.0 Å². The number of benzene rings is 3. The molecule has 0 saturated carbocycles. The van der Waals surface area contributed by atoms with E-state index in [1.54, 1.807) is 31.2 Å². The van der Waals surface area contributed by atoms with Gasteiger partial charge in [0.15, 0.2) is 0 Å². The second kappa shape index (κ2) is 12.3. The van der Waals surface area contributed by atoms with E-state index in [1.807, 2.05) is 54.6 Å². The number of para-hydroxylation sites is 2. The minimum absolute atomic E-state index is 0.0600. The lowest BCUT2D eigenvalue weighted by molar-refractivity contribution is -0.138. The molecule has 0 spiro atoms. The number of esters is 1. The van der Waals surface area contributed by atoms with Crippen molar-refractivity contribution in [2.75, 3.05) is 13.2 Å². The molecule has 0 aliphatic carbocycles. The Morgan fingerprint density at radius 1 is 1.05 bits per heavy atom. The molecule has 1 aliphatic rings. The monoisotopic (exact) mass is 558 g/mol. The van der Waals surface area contributed by atoms with Crippen molar-refractivity contribution in [2.24, 2.45) is 4.99 Å². The molecule has 0 fully saturated rings. The number of nitrogens with zero attached hydrogens (tertiary/aromatic N) is 2. The van der Waals surface area contributed by atoms with Crippen LogP contribution < -0.4 is 4.74 Å². The van der Waals surface area contributed by atoms with E-state index in [4.69, 9.17) is 21.1 Å². The van der Waals surface area contributed by atoms with Gasteiger partial charge in [-0.25, -0.2) is 9.79 Å². The van der Waals surface area contributed by atoms with Gasteiger partial charge in [0.2, 0.25) is 0 Å². The standard InChI is InChI=1S/C31H27ClN2O4S/c1-2-37-31(36)28-29(35)27(39-30(28)33-23-15-13-22(32)14-16-23)19-21-20-34(26-12-7-6-11-25(21)26)17-8-18-38-24-9-4-3-5-10-24/h3-7,9-16,19-20,35H,2,8,17-18H2,1H3/b27-19-,33-30?. The highest BCUT2D eigenvalue weighted by Crippen LogP contribution is 2.41. The third-order valence-electron chi connectivity index (χ3n) is 6.09. The van der Waals surface area contributed by atoms with Crippen molar-refractivity contribution < 1.29 is 19.4 Å². The molecule has 0 bridgehead atoms. The van der Waals surface area contributed by atoms with Crippen molar-refractivity contribution in [3.8, 4) is 5.75 Å². The number of rotatable bonds is 9. The van der Waals surface area contributed by atoms with Crippen LogP contribution in [0.3, 0.4) is 0 Å². The first kappa shape index (κ1) is 26.7. The van der Waals surface area contributed by atoms with Crippen molar-refractivity contribution in [2.45, 2.75) is 19.9 Å². The first-order valence-electron chi connectivity index (χ1n) is 12.6. The van der Waals surface area contributed by atoms with Crippen molar-refractivity contribution in [3.05, 3.63) is 112 Å². The minimum Gasteiger partial charge on any atom is -0.506 e. The average Bonchev–Trinajstić information content (AvgIpc) is 3.45. The fourth-order valence-corrected chi connectivity index (χ4v) is 5.43. The number of aliphatic hydroxyl groups is 1. The number of carbonyl (C=O) groups is 1. The Morgan fingerprint density at radius 3 is 2.56 bits per heavy atom. The van der Waals surface area contributed by atoms with Gasteiger partial charge in [0.1, 0.15) is 22.1 Å². The molecule has 2 heterocycles. The van der Waals surface area contributed by atoms with E-state index in [0.29, 0.717) is 27.3 Å². The topological polar surface area (TPSA) is 73.0 Å². The molecule has 1 aromatic heterocycles. The van der Waals surface area contributed by atoms with Crippen LogP contribution in [0.15, 0.2) is 106 Å². The molecule has 0 amide bonds. The molecular formula is C31H27ClN2O4S. The van der Waals surface area contributed by atoms with Crippen LogP contribution in [-0.4, -0.2) is 33.9 Å². The lowest BCUT2D eigenvalue weighted by Crippen LogP contribution is -2.12. The number of aromatic nitrogens is 1. The fourth-order valence-electron chi connectivity index (χ4n) is 4.28. The summed E-state index contributed by atoms with van der Waals surface area (Å²) < 4.78 is 13.3. The first-order chi connectivity index (χ1) is 19.0. The average molecular weight is 559 g/mol. The van der Waals surface area contributed by atoms with E-state index in [1.165, 1.54) is 11.8 Å². The van der Waals surface area contributed by atoms with Crippen LogP contribution in [0.1, 0.15) is 18.9 Å². The molecule has 0 radical (unpaired) electrons. The molecular weight excluding hydrogens is 532 g/mol. The molecule has 0 unspecified atom stereocenters. The fraction of sp³-hybridized carbons (Fsp3) is 0.161. The summed E-state index contributed by atoms with van der Waals surface area (Å²) in [5.41, 5.74) is 2.69. The Bertz CT molecular complexity index is 1570. The smallest absolute Gasteiger partial charge is 0.344 e. The maximum Gasteiger partial charge on any atom is 0.344 e. The van der Waals surface area contributed by atoms with Gasteiger partial charge in [0.25, 0.3) is 0 Å². The maximum atomic E-state index is 12.8. The third-order valence-corrected chi connectivity index (χ3v) is 7.36. The molecule has 5 rings (SSSR count). The quantitative estimate of drug-likeness (QED) is 0.167. The van der Waals surface area contributed by atoms with Gasteiger partial charge in [0.05, 0.1) is 23.8 Å². The zero-order valence-electron chi connectivity index (χ0n) is 21.3. The van der Waals surface area contributed by atoms with Crippen LogP contribution in [-0.2, 0) is 16.1 Å².